The van der Waals surface area contributed by atoms with Crippen molar-refractivity contribution in [3.05, 3.63) is 35.4 Å². The predicted octanol–water partition coefficient (Wildman–Crippen LogP) is 1.17. The van der Waals surface area contributed by atoms with Gasteiger partial charge in [-0.2, -0.15) is 0 Å². The summed E-state index contributed by atoms with van der Waals surface area (Å²) in [5.41, 5.74) is 7.55. The van der Waals surface area contributed by atoms with Crippen molar-refractivity contribution in [1.82, 2.24) is 10.2 Å². The Balaban J connectivity index is 0. The third-order valence-corrected chi connectivity index (χ3v) is 2.17. The number of amides is 1. The molecule has 0 spiro atoms. The summed E-state index contributed by atoms with van der Waals surface area (Å²) in [5, 5.41) is 2.75. The van der Waals surface area contributed by atoms with Crippen LogP contribution < -0.4 is 11.1 Å². The molecule has 4 nitrogen and oxygen atoms in total. The SMILES string of the molecule is CN(C)Cc1cccc(CNC(=O)CN)c1.Cl.Cl. The van der Waals surface area contributed by atoms with Crippen molar-refractivity contribution in [2.45, 2.75) is 13.1 Å². The van der Waals surface area contributed by atoms with Gasteiger partial charge >= 0.3 is 0 Å². The zero-order chi connectivity index (χ0) is 12.0. The second kappa shape index (κ2) is 10.1. The molecule has 1 aromatic rings. The summed E-state index contributed by atoms with van der Waals surface area (Å²) in [7, 11) is 4.06. The van der Waals surface area contributed by atoms with E-state index in [2.05, 4.69) is 22.3 Å². The molecule has 0 aliphatic rings. The molecule has 0 atom stereocenters. The molecule has 0 aliphatic carbocycles. The lowest BCUT2D eigenvalue weighted by atomic mass is 10.1. The molecule has 0 fully saturated rings. The molecule has 6 heteroatoms. The van der Waals surface area contributed by atoms with E-state index < -0.39 is 0 Å². The largest absolute Gasteiger partial charge is 0.351 e. The summed E-state index contributed by atoms with van der Waals surface area (Å²) in [6.07, 6.45) is 0. The first-order valence-electron chi connectivity index (χ1n) is 5.31. The van der Waals surface area contributed by atoms with E-state index in [0.29, 0.717) is 6.54 Å². The van der Waals surface area contributed by atoms with Crippen LogP contribution in [0.2, 0.25) is 0 Å². The van der Waals surface area contributed by atoms with E-state index in [9.17, 15) is 4.79 Å². The van der Waals surface area contributed by atoms with Crippen LogP contribution in [0.15, 0.2) is 24.3 Å². The lowest BCUT2D eigenvalue weighted by molar-refractivity contribution is -0.119. The highest BCUT2D eigenvalue weighted by atomic mass is 35.5. The van der Waals surface area contributed by atoms with Crippen LogP contribution in [0.3, 0.4) is 0 Å². The van der Waals surface area contributed by atoms with Gasteiger partial charge in [-0.3, -0.25) is 4.79 Å². The number of rotatable bonds is 5. The summed E-state index contributed by atoms with van der Waals surface area (Å²) in [4.78, 5) is 13.1. The lowest BCUT2D eigenvalue weighted by Crippen LogP contribution is -2.29. The molecule has 0 radical (unpaired) electrons. The van der Waals surface area contributed by atoms with Gasteiger partial charge in [-0.05, 0) is 25.2 Å². The highest BCUT2D eigenvalue weighted by Gasteiger charge is 2.00. The number of hydrogen-bond donors (Lipinski definition) is 2. The quantitative estimate of drug-likeness (QED) is 0.857. The molecule has 1 rings (SSSR count). The van der Waals surface area contributed by atoms with E-state index in [-0.39, 0.29) is 37.3 Å². The van der Waals surface area contributed by atoms with Gasteiger partial charge in [0.05, 0.1) is 6.54 Å². The van der Waals surface area contributed by atoms with Crippen molar-refractivity contribution in [3.63, 3.8) is 0 Å². The molecule has 1 aromatic carbocycles. The van der Waals surface area contributed by atoms with Crippen molar-refractivity contribution in [2.75, 3.05) is 20.6 Å². The van der Waals surface area contributed by atoms with Gasteiger partial charge in [-0.15, -0.1) is 24.8 Å². The first-order chi connectivity index (χ1) is 7.61. The van der Waals surface area contributed by atoms with Gasteiger partial charge in [-0.25, -0.2) is 0 Å². The summed E-state index contributed by atoms with van der Waals surface area (Å²) >= 11 is 0. The third kappa shape index (κ3) is 7.50. The van der Waals surface area contributed by atoms with Crippen molar-refractivity contribution < 1.29 is 4.79 Å². The van der Waals surface area contributed by atoms with E-state index >= 15 is 0 Å². The van der Waals surface area contributed by atoms with Crippen molar-refractivity contribution in [1.29, 1.82) is 0 Å². The Morgan fingerprint density at radius 2 is 1.89 bits per heavy atom. The van der Waals surface area contributed by atoms with Crippen molar-refractivity contribution >= 4 is 30.7 Å². The van der Waals surface area contributed by atoms with E-state index in [1.54, 1.807) is 0 Å². The maximum absolute atomic E-state index is 11.0. The number of nitrogens with two attached hydrogens (primary N) is 1. The van der Waals surface area contributed by atoms with Gasteiger partial charge in [0.15, 0.2) is 0 Å². The predicted molar refractivity (Wildman–Crippen MR) is 79.2 cm³/mol. The minimum Gasteiger partial charge on any atom is -0.351 e. The van der Waals surface area contributed by atoms with E-state index in [0.717, 1.165) is 12.1 Å². The maximum atomic E-state index is 11.0. The number of hydrogen-bond acceptors (Lipinski definition) is 3. The van der Waals surface area contributed by atoms with Crippen LogP contribution in [0.5, 0.6) is 0 Å². The number of nitrogens with one attached hydrogen (secondary N) is 1. The van der Waals surface area contributed by atoms with Crippen LogP contribution in [0.4, 0.5) is 0 Å². The number of carbonyl (C=O) groups excluding carboxylic acids is 1. The molecule has 0 aromatic heterocycles. The Morgan fingerprint density at radius 1 is 1.28 bits per heavy atom. The van der Waals surface area contributed by atoms with Gasteiger partial charge in [0.1, 0.15) is 0 Å². The molecule has 18 heavy (non-hydrogen) atoms. The summed E-state index contributed by atoms with van der Waals surface area (Å²) in [6, 6.07) is 8.17. The topological polar surface area (TPSA) is 58.4 Å². The molecule has 0 heterocycles. The van der Waals surface area contributed by atoms with Crippen LogP contribution in [-0.2, 0) is 17.9 Å². The van der Waals surface area contributed by atoms with Crippen LogP contribution in [0, 0.1) is 0 Å². The average Bonchev–Trinajstić information content (AvgIpc) is 2.25. The van der Waals surface area contributed by atoms with E-state index in [1.807, 2.05) is 26.2 Å². The first kappa shape index (κ1) is 19.5. The minimum absolute atomic E-state index is 0. The molecular weight excluding hydrogens is 273 g/mol. The average molecular weight is 294 g/mol. The molecule has 0 aliphatic heterocycles. The van der Waals surface area contributed by atoms with Gasteiger partial charge in [0.2, 0.25) is 5.91 Å². The zero-order valence-electron chi connectivity index (χ0n) is 10.7. The van der Waals surface area contributed by atoms with Crippen LogP contribution in [0.25, 0.3) is 0 Å². The fourth-order valence-corrected chi connectivity index (χ4v) is 1.48. The normalized spacial score (nSPS) is 9.33. The van der Waals surface area contributed by atoms with E-state index in [4.69, 9.17) is 5.73 Å². The Bertz CT molecular complexity index is 359. The smallest absolute Gasteiger partial charge is 0.234 e. The lowest BCUT2D eigenvalue weighted by Gasteiger charge is -2.11. The van der Waals surface area contributed by atoms with Crippen molar-refractivity contribution in [3.8, 4) is 0 Å². The van der Waals surface area contributed by atoms with E-state index in [1.165, 1.54) is 5.56 Å². The second-order valence-corrected chi connectivity index (χ2v) is 4.04. The standard InChI is InChI=1S/C12H19N3O.2ClH/c1-15(2)9-11-5-3-4-10(6-11)8-14-12(16)7-13;;/h3-6H,7-9,13H2,1-2H3,(H,14,16);2*1H. The molecule has 104 valence electrons. The maximum Gasteiger partial charge on any atom is 0.234 e. The molecular formula is C12H21Cl2N3O. The Morgan fingerprint density at radius 3 is 2.44 bits per heavy atom. The highest BCUT2D eigenvalue weighted by Crippen LogP contribution is 2.06. The highest BCUT2D eigenvalue weighted by molar-refractivity contribution is 5.85. The molecule has 3 N–H and O–H groups in total. The van der Waals surface area contributed by atoms with Gasteiger partial charge in [0.25, 0.3) is 0 Å². The fraction of sp³-hybridized carbons (Fsp3) is 0.417. The van der Waals surface area contributed by atoms with Crippen molar-refractivity contribution in [2.24, 2.45) is 5.73 Å². The Kier molecular flexibility index (Phi) is 11.0. The monoisotopic (exact) mass is 293 g/mol. The fourth-order valence-electron chi connectivity index (χ4n) is 1.48. The summed E-state index contributed by atoms with van der Waals surface area (Å²) in [6.45, 7) is 1.48. The molecule has 0 unspecified atom stereocenters. The van der Waals surface area contributed by atoms with Crippen LogP contribution in [0.1, 0.15) is 11.1 Å². The second-order valence-electron chi connectivity index (χ2n) is 4.04. The number of benzene rings is 1. The summed E-state index contributed by atoms with van der Waals surface area (Å²) in [5.74, 6) is -0.127. The molecule has 0 saturated carbocycles. The van der Waals surface area contributed by atoms with Gasteiger partial charge in [0, 0.05) is 13.1 Å². The zero-order valence-corrected chi connectivity index (χ0v) is 12.3. The summed E-state index contributed by atoms with van der Waals surface area (Å²) < 4.78 is 0. The molecule has 0 saturated heterocycles. The Hall–Kier alpha value is -0.810. The first-order valence-corrected chi connectivity index (χ1v) is 5.31. The molecule has 1 amide bonds. The Labute approximate surface area is 121 Å². The minimum atomic E-state index is -0.127. The number of carbonyl (C=O) groups is 1. The number of halogens is 2. The van der Waals surface area contributed by atoms with Crippen LogP contribution in [-0.4, -0.2) is 31.4 Å². The molecule has 0 bridgehead atoms. The third-order valence-electron chi connectivity index (χ3n) is 2.17. The van der Waals surface area contributed by atoms with Crippen LogP contribution >= 0.6 is 24.8 Å². The number of nitrogens with zero attached hydrogens (tertiary/aromatic N) is 1. The van der Waals surface area contributed by atoms with Gasteiger partial charge < -0.3 is 16.0 Å². The van der Waals surface area contributed by atoms with Gasteiger partial charge in [-0.1, -0.05) is 24.3 Å².